The van der Waals surface area contributed by atoms with E-state index in [2.05, 4.69) is 0 Å². The Balaban J connectivity index is 1.46. The van der Waals surface area contributed by atoms with Crippen molar-refractivity contribution in [2.24, 2.45) is 0 Å². The molecule has 8 nitrogen and oxygen atoms in total. The van der Waals surface area contributed by atoms with E-state index in [1.807, 2.05) is 30.3 Å². The summed E-state index contributed by atoms with van der Waals surface area (Å²) in [6.45, 7) is 4.31. The predicted molar refractivity (Wildman–Crippen MR) is 104 cm³/mol. The monoisotopic (exact) mass is 430 g/mol. The number of aliphatic hydroxyl groups is 2. The minimum Gasteiger partial charge on any atom is -0.390 e. The Morgan fingerprint density at radius 1 is 1.21 bits per heavy atom. The summed E-state index contributed by atoms with van der Waals surface area (Å²) < 4.78 is 44.8. The Morgan fingerprint density at radius 3 is 2.59 bits per heavy atom. The third kappa shape index (κ3) is 6.21. The van der Waals surface area contributed by atoms with Gasteiger partial charge in [0.2, 0.25) is 0 Å². The van der Waals surface area contributed by atoms with Crippen molar-refractivity contribution in [1.29, 1.82) is 0 Å². The third-order valence-electron chi connectivity index (χ3n) is 5.35. The highest BCUT2D eigenvalue weighted by Gasteiger charge is 2.49. The van der Waals surface area contributed by atoms with Crippen molar-refractivity contribution in [1.82, 2.24) is 0 Å². The maximum atomic E-state index is 11.6. The zero-order chi connectivity index (χ0) is 21.1. The summed E-state index contributed by atoms with van der Waals surface area (Å²) >= 11 is 0. The molecule has 2 fully saturated rings. The summed E-state index contributed by atoms with van der Waals surface area (Å²) in [5, 5.41) is 20.5. The first-order chi connectivity index (χ1) is 13.7. The minimum absolute atomic E-state index is 0.103. The van der Waals surface area contributed by atoms with Crippen molar-refractivity contribution in [3.8, 4) is 0 Å². The summed E-state index contributed by atoms with van der Waals surface area (Å²) in [7, 11) is -4.06. The molecule has 0 aromatic heterocycles. The van der Waals surface area contributed by atoms with E-state index in [1.165, 1.54) is 0 Å². The van der Waals surface area contributed by atoms with Gasteiger partial charge in [-0.25, -0.2) is 8.37 Å². The first kappa shape index (κ1) is 22.6. The van der Waals surface area contributed by atoms with Gasteiger partial charge >= 0.3 is 10.4 Å². The molecular formula is C20H30O8S. The molecule has 0 unspecified atom stereocenters. The molecular weight excluding hydrogens is 400 g/mol. The molecule has 0 spiro atoms. The molecule has 0 radical (unpaired) electrons. The Morgan fingerprint density at radius 2 is 1.93 bits per heavy atom. The van der Waals surface area contributed by atoms with Crippen molar-refractivity contribution in [2.45, 2.75) is 82.3 Å². The van der Waals surface area contributed by atoms with Gasteiger partial charge in [-0.3, -0.25) is 0 Å². The van der Waals surface area contributed by atoms with Gasteiger partial charge < -0.3 is 19.7 Å². The van der Waals surface area contributed by atoms with Gasteiger partial charge in [0.25, 0.3) is 0 Å². The van der Waals surface area contributed by atoms with Crippen molar-refractivity contribution >= 4 is 10.4 Å². The fraction of sp³-hybridized carbons (Fsp3) is 0.700. The van der Waals surface area contributed by atoms with Crippen LogP contribution in [0.1, 0.15) is 45.1 Å². The van der Waals surface area contributed by atoms with Crippen LogP contribution in [0.5, 0.6) is 0 Å². The van der Waals surface area contributed by atoms with Gasteiger partial charge in [-0.1, -0.05) is 30.3 Å². The molecule has 2 saturated heterocycles. The topological polar surface area (TPSA) is 112 Å². The quantitative estimate of drug-likeness (QED) is 0.600. The first-order valence-electron chi connectivity index (χ1n) is 9.93. The third-order valence-corrected chi connectivity index (χ3v) is 6.45. The van der Waals surface area contributed by atoms with Crippen molar-refractivity contribution < 1.29 is 36.5 Å². The number of benzene rings is 1. The van der Waals surface area contributed by atoms with Crippen LogP contribution in [0.3, 0.4) is 0 Å². The summed E-state index contributed by atoms with van der Waals surface area (Å²) in [6.07, 6.45) is -2.00. The van der Waals surface area contributed by atoms with Gasteiger partial charge in [0.1, 0.15) is 17.8 Å². The molecule has 29 heavy (non-hydrogen) atoms. The zero-order valence-corrected chi connectivity index (χ0v) is 17.6. The maximum Gasteiger partial charge on any atom is 0.400 e. The van der Waals surface area contributed by atoms with E-state index in [4.69, 9.17) is 17.8 Å². The lowest BCUT2D eigenvalue weighted by Crippen LogP contribution is -2.51. The predicted octanol–water partition coefficient (Wildman–Crippen LogP) is 1.69. The molecule has 0 bridgehead atoms. The van der Waals surface area contributed by atoms with E-state index in [0.29, 0.717) is 26.1 Å². The second-order valence-electron chi connectivity index (χ2n) is 8.19. The van der Waals surface area contributed by atoms with Crippen molar-refractivity contribution in [2.75, 3.05) is 6.61 Å². The minimum atomic E-state index is -4.06. The molecule has 5 atom stereocenters. The van der Waals surface area contributed by atoms with Gasteiger partial charge in [0.15, 0.2) is 0 Å². The number of hydrogen-bond donors (Lipinski definition) is 2. The molecule has 2 aliphatic rings. The standard InChI is InChI=1S/C20H30O8S/c1-20(2)18(27-29(23,24)28-20)12-17-19(22)16(21)11-15(26-17)9-6-10-25-13-14-7-4-3-5-8-14/h3-5,7-8,15-19,21-22H,6,9-13H2,1-2H3/t15-,16+,17-,18+,19+/m1/s1. The fourth-order valence-electron chi connectivity index (χ4n) is 3.73. The fourth-order valence-corrected chi connectivity index (χ4v) is 4.99. The maximum absolute atomic E-state index is 11.6. The summed E-state index contributed by atoms with van der Waals surface area (Å²) in [6, 6.07) is 9.89. The Bertz CT molecular complexity index is 751. The van der Waals surface area contributed by atoms with Gasteiger partial charge in [0, 0.05) is 19.4 Å². The Kier molecular flexibility index (Phi) is 7.32. The number of hydrogen-bond acceptors (Lipinski definition) is 8. The van der Waals surface area contributed by atoms with Crippen LogP contribution >= 0.6 is 0 Å². The number of aliphatic hydroxyl groups excluding tert-OH is 2. The van der Waals surface area contributed by atoms with Crippen LogP contribution in [-0.2, 0) is 34.8 Å². The summed E-state index contributed by atoms with van der Waals surface area (Å²) in [5.74, 6) is 0. The van der Waals surface area contributed by atoms with Gasteiger partial charge in [-0.2, -0.15) is 8.42 Å². The lowest BCUT2D eigenvalue weighted by molar-refractivity contribution is -0.180. The van der Waals surface area contributed by atoms with Crippen LogP contribution in [0.4, 0.5) is 0 Å². The number of ether oxygens (including phenoxy) is 2. The van der Waals surface area contributed by atoms with E-state index in [9.17, 15) is 18.6 Å². The highest BCUT2D eigenvalue weighted by Crippen LogP contribution is 2.36. The Labute approximate surface area is 172 Å². The normalized spacial score (nSPS) is 33.6. The highest BCUT2D eigenvalue weighted by atomic mass is 32.3. The lowest BCUT2D eigenvalue weighted by Gasteiger charge is -2.39. The second kappa shape index (κ2) is 9.38. The largest absolute Gasteiger partial charge is 0.400 e. The van der Waals surface area contributed by atoms with Crippen LogP contribution in [0, 0.1) is 0 Å². The number of rotatable bonds is 8. The molecule has 1 aromatic rings. The molecule has 164 valence electrons. The molecule has 2 aliphatic heterocycles. The molecule has 0 amide bonds. The SMILES string of the molecule is CC1(C)OS(=O)(=O)O[C@H]1C[C@H]1O[C@H](CCCOCc2ccccc2)C[C@H](O)[C@@H]1O. The smallest absolute Gasteiger partial charge is 0.390 e. The van der Waals surface area contributed by atoms with Crippen LogP contribution in [0.25, 0.3) is 0 Å². The van der Waals surface area contributed by atoms with Gasteiger partial charge in [-0.05, 0) is 32.3 Å². The Hall–Kier alpha value is -1.07. The summed E-state index contributed by atoms with van der Waals surface area (Å²) in [5.41, 5.74) is 0.0434. The molecule has 0 aliphatic carbocycles. The van der Waals surface area contributed by atoms with Crippen LogP contribution in [-0.4, -0.2) is 61.4 Å². The van der Waals surface area contributed by atoms with Gasteiger partial charge in [-0.15, -0.1) is 0 Å². The molecule has 1 aromatic carbocycles. The van der Waals surface area contributed by atoms with Crippen LogP contribution < -0.4 is 0 Å². The summed E-state index contributed by atoms with van der Waals surface area (Å²) in [4.78, 5) is 0. The van der Waals surface area contributed by atoms with Gasteiger partial charge in [0.05, 0.1) is 24.9 Å². The molecule has 0 saturated carbocycles. The van der Waals surface area contributed by atoms with E-state index >= 15 is 0 Å². The van der Waals surface area contributed by atoms with E-state index in [1.54, 1.807) is 13.8 Å². The lowest BCUT2D eigenvalue weighted by atomic mass is 9.89. The molecule has 2 N–H and O–H groups in total. The first-order valence-corrected chi connectivity index (χ1v) is 11.3. The second-order valence-corrected chi connectivity index (χ2v) is 9.36. The molecule has 3 rings (SSSR count). The average Bonchev–Trinajstić information content (AvgIpc) is 2.86. The highest BCUT2D eigenvalue weighted by molar-refractivity contribution is 7.82. The zero-order valence-electron chi connectivity index (χ0n) is 16.8. The van der Waals surface area contributed by atoms with E-state index in [-0.39, 0.29) is 12.5 Å². The van der Waals surface area contributed by atoms with E-state index in [0.717, 1.165) is 12.0 Å². The molecule has 2 heterocycles. The van der Waals surface area contributed by atoms with Crippen molar-refractivity contribution in [3.05, 3.63) is 35.9 Å². The van der Waals surface area contributed by atoms with Crippen LogP contribution in [0.15, 0.2) is 30.3 Å². The average molecular weight is 431 g/mol. The van der Waals surface area contributed by atoms with Crippen molar-refractivity contribution in [3.63, 3.8) is 0 Å². The molecule has 9 heteroatoms. The van der Waals surface area contributed by atoms with Crippen LogP contribution in [0.2, 0.25) is 0 Å². The van der Waals surface area contributed by atoms with E-state index < -0.39 is 40.4 Å².